The summed E-state index contributed by atoms with van der Waals surface area (Å²) < 4.78 is 19.1. The topological polar surface area (TPSA) is 45.4 Å². The van der Waals surface area contributed by atoms with Gasteiger partial charge in [0.1, 0.15) is 5.82 Å². The highest BCUT2D eigenvalue weighted by atomic mass is 19.1. The van der Waals surface area contributed by atoms with E-state index < -0.39 is 0 Å². The third-order valence-corrected chi connectivity index (χ3v) is 6.65. The van der Waals surface area contributed by atoms with Gasteiger partial charge in [-0.1, -0.05) is 47.6 Å². The third-order valence-electron chi connectivity index (χ3n) is 6.65. The Kier molecular flexibility index (Phi) is 6.09. The normalized spacial score (nSPS) is 22.7. The summed E-state index contributed by atoms with van der Waals surface area (Å²) in [6.07, 6.45) is 4.54. The molecule has 0 unspecified atom stereocenters. The van der Waals surface area contributed by atoms with E-state index in [0.717, 1.165) is 45.4 Å². The van der Waals surface area contributed by atoms with Gasteiger partial charge in [-0.2, -0.15) is 4.98 Å². The Morgan fingerprint density at radius 2 is 1.90 bits per heavy atom. The minimum absolute atomic E-state index is 0.252. The first-order chi connectivity index (χ1) is 15.2. The molecule has 0 amide bonds. The van der Waals surface area contributed by atoms with Crippen LogP contribution in [0.1, 0.15) is 36.6 Å². The zero-order valence-corrected chi connectivity index (χ0v) is 17.8. The van der Waals surface area contributed by atoms with Gasteiger partial charge in [-0.3, -0.25) is 4.90 Å². The molecule has 31 heavy (non-hydrogen) atoms. The van der Waals surface area contributed by atoms with Crippen LogP contribution in [0.5, 0.6) is 0 Å². The van der Waals surface area contributed by atoms with Crippen molar-refractivity contribution >= 4 is 0 Å². The van der Waals surface area contributed by atoms with E-state index in [1.807, 2.05) is 6.07 Å². The number of halogens is 1. The fraction of sp³-hybridized carbons (Fsp3) is 0.440. The van der Waals surface area contributed by atoms with Crippen LogP contribution in [-0.2, 0) is 6.42 Å². The summed E-state index contributed by atoms with van der Waals surface area (Å²) in [7, 11) is 0. The lowest BCUT2D eigenvalue weighted by molar-refractivity contribution is 0.136. The second-order valence-corrected chi connectivity index (χ2v) is 8.78. The lowest BCUT2D eigenvalue weighted by Gasteiger charge is -2.35. The quantitative estimate of drug-likeness (QED) is 0.593. The number of likely N-dealkylation sites (tertiary alicyclic amines) is 2. The largest absolute Gasteiger partial charge is 0.339 e. The lowest BCUT2D eigenvalue weighted by atomic mass is 9.96. The molecule has 6 heteroatoms. The second kappa shape index (κ2) is 9.28. The number of rotatable bonds is 6. The van der Waals surface area contributed by atoms with E-state index in [-0.39, 0.29) is 11.7 Å². The summed E-state index contributed by atoms with van der Waals surface area (Å²) in [5.41, 5.74) is 2.07. The van der Waals surface area contributed by atoms with Gasteiger partial charge < -0.3 is 9.42 Å². The Morgan fingerprint density at radius 3 is 2.77 bits per heavy atom. The van der Waals surface area contributed by atoms with E-state index in [4.69, 9.17) is 4.52 Å². The Morgan fingerprint density at radius 1 is 1.00 bits per heavy atom. The molecule has 1 aromatic heterocycles. The maximum absolute atomic E-state index is 13.5. The first-order valence-electron chi connectivity index (χ1n) is 11.3. The number of aromatic nitrogens is 2. The van der Waals surface area contributed by atoms with Crippen LogP contribution in [0.25, 0.3) is 11.4 Å². The Hall–Kier alpha value is -2.57. The van der Waals surface area contributed by atoms with Gasteiger partial charge >= 0.3 is 0 Å². The van der Waals surface area contributed by atoms with Crippen LogP contribution in [0, 0.1) is 5.82 Å². The van der Waals surface area contributed by atoms with E-state index in [0.29, 0.717) is 23.3 Å². The molecule has 5 nitrogen and oxygen atoms in total. The van der Waals surface area contributed by atoms with Crippen molar-refractivity contribution in [3.05, 3.63) is 71.9 Å². The predicted molar refractivity (Wildman–Crippen MR) is 118 cm³/mol. The van der Waals surface area contributed by atoms with Crippen molar-refractivity contribution in [3.8, 4) is 11.4 Å². The first-order valence-corrected chi connectivity index (χ1v) is 11.3. The summed E-state index contributed by atoms with van der Waals surface area (Å²) in [5, 5.41) is 4.11. The third kappa shape index (κ3) is 4.86. The predicted octanol–water partition coefficient (Wildman–Crippen LogP) is 4.37. The summed E-state index contributed by atoms with van der Waals surface area (Å²) in [5.74, 6) is 1.12. The molecule has 0 radical (unpaired) electrons. The van der Waals surface area contributed by atoms with Gasteiger partial charge in [-0.05, 0) is 56.5 Å². The molecule has 0 spiro atoms. The minimum Gasteiger partial charge on any atom is -0.339 e. The Bertz CT molecular complexity index is 992. The Balaban J connectivity index is 1.17. The molecule has 0 bridgehead atoms. The van der Waals surface area contributed by atoms with Crippen molar-refractivity contribution in [3.63, 3.8) is 0 Å². The van der Waals surface area contributed by atoms with Crippen LogP contribution in [0.2, 0.25) is 0 Å². The molecule has 2 aliphatic heterocycles. The van der Waals surface area contributed by atoms with E-state index >= 15 is 0 Å². The van der Waals surface area contributed by atoms with Crippen molar-refractivity contribution < 1.29 is 8.91 Å². The highest BCUT2D eigenvalue weighted by Crippen LogP contribution is 2.30. The molecule has 0 saturated carbocycles. The average Bonchev–Trinajstić information content (AvgIpc) is 3.49. The highest BCUT2D eigenvalue weighted by molar-refractivity contribution is 5.53. The van der Waals surface area contributed by atoms with Crippen molar-refractivity contribution in [2.75, 3.05) is 32.7 Å². The van der Waals surface area contributed by atoms with Crippen LogP contribution >= 0.6 is 0 Å². The van der Waals surface area contributed by atoms with Crippen LogP contribution in [0.15, 0.2) is 59.1 Å². The molecule has 2 aromatic carbocycles. The molecule has 2 fully saturated rings. The maximum atomic E-state index is 13.5. The monoisotopic (exact) mass is 420 g/mol. The van der Waals surface area contributed by atoms with Gasteiger partial charge in [-0.25, -0.2) is 4.39 Å². The molecular weight excluding hydrogens is 391 g/mol. The van der Waals surface area contributed by atoms with Crippen LogP contribution in [0.3, 0.4) is 0 Å². The molecule has 2 atom stereocenters. The minimum atomic E-state index is -0.286. The van der Waals surface area contributed by atoms with Crippen molar-refractivity contribution in [1.29, 1.82) is 0 Å². The molecule has 2 saturated heterocycles. The summed E-state index contributed by atoms with van der Waals surface area (Å²) >= 11 is 0. The number of benzene rings is 2. The highest BCUT2D eigenvalue weighted by Gasteiger charge is 2.33. The van der Waals surface area contributed by atoms with Crippen LogP contribution < -0.4 is 0 Å². The van der Waals surface area contributed by atoms with Crippen LogP contribution in [-0.4, -0.2) is 58.7 Å². The van der Waals surface area contributed by atoms with Gasteiger partial charge in [-0.15, -0.1) is 0 Å². The smallest absolute Gasteiger partial charge is 0.231 e. The Labute approximate surface area is 182 Å². The van der Waals surface area contributed by atoms with E-state index in [1.54, 1.807) is 6.07 Å². The SMILES string of the molecule is Fc1cccc(-c2noc([C@H]3CCCN([C@@H]4CCN(CCc5ccccc5)C4)C3)n2)c1. The number of hydrogen-bond acceptors (Lipinski definition) is 5. The number of nitrogens with zero attached hydrogens (tertiary/aromatic N) is 4. The van der Waals surface area contributed by atoms with Gasteiger partial charge in [0.2, 0.25) is 11.7 Å². The number of piperidine rings is 1. The second-order valence-electron chi connectivity index (χ2n) is 8.78. The van der Waals surface area contributed by atoms with Crippen LogP contribution in [0.4, 0.5) is 4.39 Å². The van der Waals surface area contributed by atoms with E-state index in [1.165, 1.54) is 30.7 Å². The fourth-order valence-electron chi connectivity index (χ4n) is 4.93. The molecule has 3 aromatic rings. The molecule has 2 aliphatic rings. The molecule has 0 aliphatic carbocycles. The van der Waals surface area contributed by atoms with Crippen molar-refractivity contribution in [2.45, 2.75) is 37.6 Å². The van der Waals surface area contributed by atoms with Gasteiger partial charge in [0.15, 0.2) is 0 Å². The maximum Gasteiger partial charge on any atom is 0.231 e. The zero-order valence-electron chi connectivity index (χ0n) is 17.8. The van der Waals surface area contributed by atoms with Crippen molar-refractivity contribution in [2.24, 2.45) is 0 Å². The first kappa shape index (κ1) is 20.3. The molecule has 162 valence electrons. The van der Waals surface area contributed by atoms with Gasteiger partial charge in [0.05, 0.1) is 5.92 Å². The van der Waals surface area contributed by atoms with Gasteiger partial charge in [0, 0.05) is 31.2 Å². The summed E-state index contributed by atoms with van der Waals surface area (Å²) in [6.45, 7) is 5.53. The zero-order chi connectivity index (χ0) is 21.0. The molecule has 3 heterocycles. The fourth-order valence-corrected chi connectivity index (χ4v) is 4.93. The standard InChI is InChI=1S/C25H29FN4O/c26-22-10-4-8-20(16-22)24-27-25(31-28-24)21-9-5-13-30(17-21)23-12-15-29(18-23)14-11-19-6-2-1-3-7-19/h1-4,6-8,10,16,21,23H,5,9,11-15,17-18H2/t21-,23+/m0/s1. The van der Waals surface area contributed by atoms with E-state index in [9.17, 15) is 4.39 Å². The van der Waals surface area contributed by atoms with Crippen molar-refractivity contribution in [1.82, 2.24) is 19.9 Å². The van der Waals surface area contributed by atoms with E-state index in [2.05, 4.69) is 50.3 Å². The molecular formula is C25H29FN4O. The molecule has 5 rings (SSSR count). The number of hydrogen-bond donors (Lipinski definition) is 0. The summed E-state index contributed by atoms with van der Waals surface area (Å²) in [4.78, 5) is 9.81. The average molecular weight is 421 g/mol. The van der Waals surface area contributed by atoms with Gasteiger partial charge in [0.25, 0.3) is 0 Å². The summed E-state index contributed by atoms with van der Waals surface area (Å²) in [6, 6.07) is 17.7. The lowest BCUT2D eigenvalue weighted by Crippen LogP contribution is -2.43. The molecule has 0 N–H and O–H groups in total.